The molecule has 1 aromatic rings. The second kappa shape index (κ2) is 6.77. The maximum absolute atomic E-state index is 11.7. The summed E-state index contributed by atoms with van der Waals surface area (Å²) in [5, 5.41) is 0. The average molecular weight is 375 g/mol. The summed E-state index contributed by atoms with van der Waals surface area (Å²) in [5.41, 5.74) is 7.47. The number of hydrogen-bond donors (Lipinski definition) is 1. The van der Waals surface area contributed by atoms with Gasteiger partial charge in [0.1, 0.15) is 0 Å². The van der Waals surface area contributed by atoms with Gasteiger partial charge in [-0.05, 0) is 31.5 Å². The molecule has 1 aliphatic rings. The molecular formula is C15H23BrN2O2S. The van der Waals surface area contributed by atoms with Crippen LogP contribution in [0.2, 0.25) is 0 Å². The molecule has 6 heteroatoms. The van der Waals surface area contributed by atoms with E-state index in [-0.39, 0.29) is 29.6 Å². The molecule has 1 saturated heterocycles. The average Bonchev–Trinajstić information content (AvgIpc) is 2.81. The normalized spacial score (nSPS) is 24.1. The van der Waals surface area contributed by atoms with E-state index >= 15 is 0 Å². The highest BCUT2D eigenvalue weighted by Gasteiger charge is 2.36. The fourth-order valence-corrected chi connectivity index (χ4v) is 5.32. The molecule has 2 N–H and O–H groups in total. The molecule has 4 nitrogen and oxygen atoms in total. The van der Waals surface area contributed by atoms with Crippen molar-refractivity contribution >= 4 is 25.8 Å². The zero-order valence-corrected chi connectivity index (χ0v) is 14.9. The molecule has 0 aliphatic carbocycles. The van der Waals surface area contributed by atoms with Crippen molar-refractivity contribution in [1.29, 1.82) is 0 Å². The SMILES string of the molecule is CCC(N)C(c1ccccc1Br)N(C)C1CCS(=O)(=O)C1. The van der Waals surface area contributed by atoms with Gasteiger partial charge >= 0.3 is 0 Å². The summed E-state index contributed by atoms with van der Waals surface area (Å²) >= 11 is 3.59. The Balaban J connectivity index is 2.31. The Kier molecular flexibility index (Phi) is 5.46. The van der Waals surface area contributed by atoms with Crippen LogP contribution in [0.1, 0.15) is 31.4 Å². The largest absolute Gasteiger partial charge is 0.326 e. The lowest BCUT2D eigenvalue weighted by Crippen LogP contribution is -2.44. The highest BCUT2D eigenvalue weighted by Crippen LogP contribution is 2.33. The van der Waals surface area contributed by atoms with Crippen LogP contribution in [0.25, 0.3) is 0 Å². The number of likely N-dealkylation sites (N-methyl/N-ethyl adjacent to an activating group) is 1. The van der Waals surface area contributed by atoms with E-state index in [0.717, 1.165) is 16.5 Å². The van der Waals surface area contributed by atoms with E-state index in [1.54, 1.807) is 0 Å². The maximum atomic E-state index is 11.7. The molecular weight excluding hydrogens is 352 g/mol. The first-order chi connectivity index (χ1) is 9.85. The number of halogens is 1. The molecule has 21 heavy (non-hydrogen) atoms. The van der Waals surface area contributed by atoms with Gasteiger partial charge in [0, 0.05) is 16.6 Å². The third kappa shape index (κ3) is 3.86. The number of sulfone groups is 1. The number of benzene rings is 1. The van der Waals surface area contributed by atoms with Crippen molar-refractivity contribution < 1.29 is 8.42 Å². The molecule has 1 fully saturated rings. The fourth-order valence-electron chi connectivity index (χ4n) is 3.01. The van der Waals surface area contributed by atoms with Crippen molar-refractivity contribution in [3.8, 4) is 0 Å². The van der Waals surface area contributed by atoms with Crippen LogP contribution in [0.15, 0.2) is 28.7 Å². The second-order valence-electron chi connectivity index (χ2n) is 5.76. The third-order valence-electron chi connectivity index (χ3n) is 4.32. The van der Waals surface area contributed by atoms with Crippen LogP contribution in [-0.2, 0) is 9.84 Å². The first-order valence-corrected chi connectivity index (χ1v) is 9.89. The first-order valence-electron chi connectivity index (χ1n) is 7.28. The third-order valence-corrected chi connectivity index (χ3v) is 6.80. The summed E-state index contributed by atoms with van der Waals surface area (Å²) in [6, 6.07) is 8.07. The predicted octanol–water partition coefficient (Wildman–Crippen LogP) is 2.35. The van der Waals surface area contributed by atoms with Gasteiger partial charge in [0.25, 0.3) is 0 Å². The molecule has 0 spiro atoms. The van der Waals surface area contributed by atoms with Crippen LogP contribution in [0.4, 0.5) is 0 Å². The van der Waals surface area contributed by atoms with Gasteiger partial charge in [-0.15, -0.1) is 0 Å². The molecule has 0 saturated carbocycles. The van der Waals surface area contributed by atoms with Gasteiger partial charge in [-0.25, -0.2) is 8.42 Å². The minimum Gasteiger partial charge on any atom is -0.326 e. The lowest BCUT2D eigenvalue weighted by Gasteiger charge is -2.36. The molecule has 1 heterocycles. The summed E-state index contributed by atoms with van der Waals surface area (Å²) in [7, 11) is -0.902. The van der Waals surface area contributed by atoms with Crippen molar-refractivity contribution in [3.63, 3.8) is 0 Å². The molecule has 0 amide bonds. The zero-order chi connectivity index (χ0) is 15.6. The van der Waals surface area contributed by atoms with Crippen LogP contribution in [0.3, 0.4) is 0 Å². The number of nitrogens with two attached hydrogens (primary N) is 1. The van der Waals surface area contributed by atoms with Gasteiger partial charge in [-0.2, -0.15) is 0 Å². The lowest BCUT2D eigenvalue weighted by molar-refractivity contribution is 0.160. The van der Waals surface area contributed by atoms with E-state index in [1.807, 2.05) is 25.2 Å². The molecule has 2 rings (SSSR count). The number of rotatable bonds is 5. The number of nitrogens with zero attached hydrogens (tertiary/aromatic N) is 1. The topological polar surface area (TPSA) is 63.4 Å². The Morgan fingerprint density at radius 1 is 1.43 bits per heavy atom. The predicted molar refractivity (Wildman–Crippen MR) is 90.0 cm³/mol. The van der Waals surface area contributed by atoms with E-state index < -0.39 is 9.84 Å². The van der Waals surface area contributed by atoms with Crippen LogP contribution in [0.5, 0.6) is 0 Å². The summed E-state index contributed by atoms with van der Waals surface area (Å²) in [6.07, 6.45) is 1.53. The van der Waals surface area contributed by atoms with Crippen LogP contribution < -0.4 is 5.73 Å². The second-order valence-corrected chi connectivity index (χ2v) is 8.84. The Hall–Kier alpha value is -0.430. The van der Waals surface area contributed by atoms with E-state index in [4.69, 9.17) is 5.73 Å². The Morgan fingerprint density at radius 3 is 2.62 bits per heavy atom. The minimum absolute atomic E-state index is 0.0175. The summed E-state index contributed by atoms with van der Waals surface area (Å²) in [6.45, 7) is 2.06. The highest BCUT2D eigenvalue weighted by atomic mass is 79.9. The molecule has 3 atom stereocenters. The van der Waals surface area contributed by atoms with Gasteiger partial charge in [-0.1, -0.05) is 41.1 Å². The highest BCUT2D eigenvalue weighted by molar-refractivity contribution is 9.10. The van der Waals surface area contributed by atoms with Gasteiger partial charge in [0.15, 0.2) is 9.84 Å². The van der Waals surface area contributed by atoms with Crippen molar-refractivity contribution in [2.75, 3.05) is 18.6 Å². The zero-order valence-electron chi connectivity index (χ0n) is 12.5. The fraction of sp³-hybridized carbons (Fsp3) is 0.600. The van der Waals surface area contributed by atoms with Gasteiger partial charge in [0.2, 0.25) is 0 Å². The van der Waals surface area contributed by atoms with E-state index in [9.17, 15) is 8.42 Å². The summed E-state index contributed by atoms with van der Waals surface area (Å²) in [5.74, 6) is 0.521. The molecule has 118 valence electrons. The lowest BCUT2D eigenvalue weighted by atomic mass is 9.95. The van der Waals surface area contributed by atoms with Crippen LogP contribution in [-0.4, -0.2) is 44.0 Å². The molecule has 1 aromatic carbocycles. The Morgan fingerprint density at radius 2 is 2.10 bits per heavy atom. The molecule has 0 aromatic heterocycles. The van der Waals surface area contributed by atoms with Crippen LogP contribution in [0, 0.1) is 0 Å². The van der Waals surface area contributed by atoms with E-state index in [1.165, 1.54) is 0 Å². The van der Waals surface area contributed by atoms with Gasteiger partial charge in [0.05, 0.1) is 17.5 Å². The van der Waals surface area contributed by atoms with Crippen LogP contribution >= 0.6 is 15.9 Å². The number of hydrogen-bond acceptors (Lipinski definition) is 4. The standard InChI is InChI=1S/C15H23BrN2O2S/c1-3-14(17)15(12-6-4-5-7-13(12)16)18(2)11-8-9-21(19,20)10-11/h4-7,11,14-15H,3,8-10,17H2,1-2H3. The quantitative estimate of drug-likeness (QED) is 0.858. The van der Waals surface area contributed by atoms with E-state index in [0.29, 0.717) is 6.42 Å². The van der Waals surface area contributed by atoms with Gasteiger partial charge < -0.3 is 5.73 Å². The Bertz CT molecular complexity index is 591. The molecule has 0 radical (unpaired) electrons. The first kappa shape index (κ1) is 16.9. The Labute approximate surface area is 135 Å². The van der Waals surface area contributed by atoms with Crippen molar-refractivity contribution in [2.24, 2.45) is 5.73 Å². The van der Waals surface area contributed by atoms with Crippen molar-refractivity contribution in [1.82, 2.24) is 4.90 Å². The smallest absolute Gasteiger partial charge is 0.151 e. The summed E-state index contributed by atoms with van der Waals surface area (Å²) < 4.78 is 24.5. The molecule has 1 aliphatic heterocycles. The van der Waals surface area contributed by atoms with Gasteiger partial charge in [-0.3, -0.25) is 4.90 Å². The monoisotopic (exact) mass is 374 g/mol. The molecule has 0 bridgehead atoms. The van der Waals surface area contributed by atoms with Crippen molar-refractivity contribution in [2.45, 2.75) is 37.9 Å². The van der Waals surface area contributed by atoms with Crippen molar-refractivity contribution in [3.05, 3.63) is 34.3 Å². The van der Waals surface area contributed by atoms with E-state index in [2.05, 4.69) is 33.8 Å². The minimum atomic E-state index is -2.89. The maximum Gasteiger partial charge on any atom is 0.151 e. The molecule has 3 unspecified atom stereocenters. The summed E-state index contributed by atoms with van der Waals surface area (Å²) in [4.78, 5) is 2.15.